The van der Waals surface area contributed by atoms with Crippen molar-refractivity contribution in [2.75, 3.05) is 0 Å². The topological polar surface area (TPSA) is 229 Å². The molecule has 0 aliphatic heterocycles. The summed E-state index contributed by atoms with van der Waals surface area (Å²) in [5.41, 5.74) is 30.0. The number of rotatable bonds is 6. The van der Waals surface area contributed by atoms with Crippen molar-refractivity contribution in [3.63, 3.8) is 0 Å². The number of hydrogen-bond donors (Lipinski definition) is 8. The normalized spacial score (nSPS) is 18.9. The first-order valence-electron chi connectivity index (χ1n) is 5.14. The molecule has 0 heterocycles. The van der Waals surface area contributed by atoms with E-state index in [0.717, 1.165) is 0 Å². The second kappa shape index (κ2) is 5.35. The highest BCUT2D eigenvalue weighted by Crippen LogP contribution is 2.18. The Balaban J connectivity index is 5.45. The van der Waals surface area contributed by atoms with E-state index in [-0.39, 0.29) is 11.7 Å². The smallest absolute Gasteiger partial charge is 0.162 e. The lowest BCUT2D eigenvalue weighted by Crippen LogP contribution is -2.60. The average Bonchev–Trinajstić information content (AvgIpc) is 2.23. The van der Waals surface area contributed by atoms with Crippen molar-refractivity contribution in [3.05, 3.63) is 0 Å². The standard InChI is InChI=1S/C8H22N10/c1-7(3(9)10,4(11)12)17-18-8(2,5(13)14)6(15)16/h3,5H,9-10,13-14H2,1-2H3,(H3,11,12)(H3,15,16). The van der Waals surface area contributed by atoms with Gasteiger partial charge in [0, 0.05) is 0 Å². The number of nitrogens with zero attached hydrogens (tertiary/aromatic N) is 2. The minimum atomic E-state index is -1.41. The predicted octanol–water partition coefficient (Wildman–Crippen LogP) is -2.69. The van der Waals surface area contributed by atoms with E-state index >= 15 is 0 Å². The van der Waals surface area contributed by atoms with Gasteiger partial charge in [-0.1, -0.05) is 0 Å². The van der Waals surface area contributed by atoms with Crippen molar-refractivity contribution in [3.8, 4) is 0 Å². The van der Waals surface area contributed by atoms with Gasteiger partial charge in [0.25, 0.3) is 0 Å². The van der Waals surface area contributed by atoms with E-state index < -0.39 is 23.4 Å². The molecule has 0 aliphatic rings. The Morgan fingerprint density at radius 1 is 0.833 bits per heavy atom. The van der Waals surface area contributed by atoms with Crippen molar-refractivity contribution in [2.45, 2.75) is 37.3 Å². The van der Waals surface area contributed by atoms with E-state index in [1.165, 1.54) is 13.8 Å². The molecule has 2 atom stereocenters. The molecule has 10 heteroatoms. The van der Waals surface area contributed by atoms with Crippen molar-refractivity contribution in [1.82, 2.24) is 0 Å². The van der Waals surface area contributed by atoms with Crippen LogP contribution in [0.2, 0.25) is 0 Å². The highest BCUT2D eigenvalue weighted by atomic mass is 15.3. The van der Waals surface area contributed by atoms with E-state index in [4.69, 9.17) is 45.2 Å². The Labute approximate surface area is 105 Å². The second-order valence-corrected chi connectivity index (χ2v) is 4.37. The number of nitrogens with two attached hydrogens (primary N) is 6. The van der Waals surface area contributed by atoms with Gasteiger partial charge in [-0.15, -0.1) is 0 Å². The third-order valence-electron chi connectivity index (χ3n) is 2.85. The molecule has 0 aromatic rings. The van der Waals surface area contributed by atoms with E-state index in [2.05, 4.69) is 10.2 Å². The van der Waals surface area contributed by atoms with Crippen LogP contribution in [0.5, 0.6) is 0 Å². The first-order chi connectivity index (χ1) is 7.98. The van der Waals surface area contributed by atoms with Crippen molar-refractivity contribution in [2.24, 2.45) is 44.6 Å². The van der Waals surface area contributed by atoms with Crippen LogP contribution in [0.15, 0.2) is 10.2 Å². The highest BCUT2D eigenvalue weighted by molar-refractivity contribution is 5.89. The molecule has 0 aromatic heterocycles. The summed E-state index contributed by atoms with van der Waals surface area (Å²) >= 11 is 0. The molecule has 0 bridgehead atoms. The lowest BCUT2D eigenvalue weighted by Gasteiger charge is -2.30. The quantitative estimate of drug-likeness (QED) is 0.109. The van der Waals surface area contributed by atoms with Gasteiger partial charge in [0.05, 0.1) is 12.3 Å². The maximum atomic E-state index is 7.42. The van der Waals surface area contributed by atoms with Crippen LogP contribution < -0.4 is 34.4 Å². The van der Waals surface area contributed by atoms with Gasteiger partial charge >= 0.3 is 0 Å². The summed E-state index contributed by atoms with van der Waals surface area (Å²) < 4.78 is 0. The lowest BCUT2D eigenvalue weighted by atomic mass is 9.97. The fourth-order valence-corrected chi connectivity index (χ4v) is 0.808. The van der Waals surface area contributed by atoms with Gasteiger partial charge in [-0.25, -0.2) is 0 Å². The number of azo groups is 1. The molecule has 0 amide bonds. The van der Waals surface area contributed by atoms with Gasteiger partial charge in [0.2, 0.25) is 0 Å². The summed E-state index contributed by atoms with van der Waals surface area (Å²) in [6.45, 7) is 2.87. The Bertz CT molecular complexity index is 327. The van der Waals surface area contributed by atoms with Crippen molar-refractivity contribution >= 4 is 11.7 Å². The van der Waals surface area contributed by atoms with Crippen LogP contribution in [0.1, 0.15) is 13.8 Å². The third kappa shape index (κ3) is 2.98. The minimum absolute atomic E-state index is 0.363. The Morgan fingerprint density at radius 2 is 1.06 bits per heavy atom. The zero-order valence-corrected chi connectivity index (χ0v) is 10.5. The number of amidine groups is 2. The molecule has 0 spiro atoms. The molecule has 0 saturated carbocycles. The van der Waals surface area contributed by atoms with Crippen LogP contribution in [-0.2, 0) is 0 Å². The second-order valence-electron chi connectivity index (χ2n) is 4.37. The fourth-order valence-electron chi connectivity index (χ4n) is 0.808. The first kappa shape index (κ1) is 16.4. The van der Waals surface area contributed by atoms with E-state index in [1.54, 1.807) is 0 Å². The van der Waals surface area contributed by atoms with Gasteiger partial charge in [0.15, 0.2) is 11.1 Å². The summed E-state index contributed by atoms with van der Waals surface area (Å²) in [7, 11) is 0. The molecule has 2 unspecified atom stereocenters. The SMILES string of the molecule is CC(N=NC(C)(C(=N)N)C(N)N)(C(=N)N)C(N)N. The summed E-state index contributed by atoms with van der Waals surface area (Å²) in [6, 6.07) is 0. The summed E-state index contributed by atoms with van der Waals surface area (Å²) in [4.78, 5) is 0. The van der Waals surface area contributed by atoms with Gasteiger partial charge in [-0.2, -0.15) is 10.2 Å². The molecule has 104 valence electrons. The molecule has 0 rings (SSSR count). The molecular formula is C8H22N10. The van der Waals surface area contributed by atoms with Crippen LogP contribution in [0.25, 0.3) is 0 Å². The van der Waals surface area contributed by atoms with Crippen molar-refractivity contribution in [1.29, 1.82) is 10.8 Å². The van der Waals surface area contributed by atoms with Crippen LogP contribution in [-0.4, -0.2) is 35.1 Å². The number of hydrogen-bond acceptors (Lipinski definition) is 8. The maximum absolute atomic E-state index is 7.42. The molecule has 0 radical (unpaired) electrons. The molecule has 0 aromatic carbocycles. The zero-order valence-electron chi connectivity index (χ0n) is 10.5. The molecular weight excluding hydrogens is 236 g/mol. The lowest BCUT2D eigenvalue weighted by molar-refractivity contribution is 0.412. The Kier molecular flexibility index (Phi) is 4.87. The molecule has 0 saturated heterocycles. The van der Waals surface area contributed by atoms with Crippen LogP contribution >= 0.6 is 0 Å². The average molecular weight is 258 g/mol. The first-order valence-corrected chi connectivity index (χ1v) is 5.14. The Hall–Kier alpha value is -1.62. The molecule has 0 fully saturated rings. The maximum Gasteiger partial charge on any atom is 0.162 e. The summed E-state index contributed by atoms with van der Waals surface area (Å²) in [5, 5.41) is 22.5. The van der Waals surface area contributed by atoms with Crippen LogP contribution in [0, 0.1) is 10.8 Å². The molecule has 10 nitrogen and oxygen atoms in total. The van der Waals surface area contributed by atoms with Crippen molar-refractivity contribution < 1.29 is 0 Å². The molecule has 0 aliphatic carbocycles. The summed E-state index contributed by atoms with van der Waals surface area (Å²) in [5.74, 6) is -0.726. The monoisotopic (exact) mass is 258 g/mol. The van der Waals surface area contributed by atoms with Gasteiger partial charge in [-0.05, 0) is 13.8 Å². The van der Waals surface area contributed by atoms with Crippen LogP contribution in [0.4, 0.5) is 0 Å². The van der Waals surface area contributed by atoms with Gasteiger partial charge in [-0.3, -0.25) is 10.8 Å². The fraction of sp³-hybridized carbons (Fsp3) is 0.750. The number of nitrogens with one attached hydrogen (secondary N) is 2. The molecule has 14 N–H and O–H groups in total. The van der Waals surface area contributed by atoms with Gasteiger partial charge < -0.3 is 34.4 Å². The predicted molar refractivity (Wildman–Crippen MR) is 69.8 cm³/mol. The Morgan fingerprint density at radius 3 is 1.17 bits per heavy atom. The highest BCUT2D eigenvalue weighted by Gasteiger charge is 2.38. The minimum Gasteiger partial charge on any atom is -0.385 e. The van der Waals surface area contributed by atoms with Gasteiger partial charge in [0.1, 0.15) is 11.7 Å². The van der Waals surface area contributed by atoms with Crippen LogP contribution in [0.3, 0.4) is 0 Å². The van der Waals surface area contributed by atoms with E-state index in [1.807, 2.05) is 0 Å². The zero-order chi connectivity index (χ0) is 14.7. The summed E-state index contributed by atoms with van der Waals surface area (Å²) in [6.07, 6.45) is -2.08. The van der Waals surface area contributed by atoms with E-state index in [9.17, 15) is 0 Å². The molecule has 18 heavy (non-hydrogen) atoms. The largest absolute Gasteiger partial charge is 0.385 e. The van der Waals surface area contributed by atoms with E-state index in [0.29, 0.717) is 0 Å². The third-order valence-corrected chi connectivity index (χ3v) is 2.85.